The molecule has 0 radical (unpaired) electrons. The average molecular weight is 514 g/mol. The molecule has 170 valence electrons. The number of nitrogens with zero attached hydrogens (tertiary/aromatic N) is 7. The number of aliphatic imine (C=N–C) groups is 1. The number of fused-ring (bicyclic) bond motifs is 2. The van der Waals surface area contributed by atoms with Crippen molar-refractivity contribution in [1.29, 1.82) is 0 Å². The summed E-state index contributed by atoms with van der Waals surface area (Å²) in [5.41, 5.74) is 0.983. The molecule has 0 atom stereocenters. The molecule has 11 heteroatoms. The number of aryl methyl sites for hydroxylation is 3. The van der Waals surface area contributed by atoms with Crippen molar-refractivity contribution in [2.75, 3.05) is 0 Å². The molecule has 0 amide bonds. The van der Waals surface area contributed by atoms with Crippen LogP contribution < -0.4 is 5.56 Å². The Morgan fingerprint density at radius 1 is 1.21 bits per heavy atom. The standard InChI is InChI=1S/C22H21BrFN7O2/c1-2-3-10-30-20-14(12-16(23)25-20)21(32)31-18(27-28-22(30)31)8-9-19-26-17(29-33-19)11-13-6-4-5-7-15(13)24/h4-7H,2-3,8-12H2,1H3. The zero-order valence-electron chi connectivity index (χ0n) is 18.0. The second-order valence-electron chi connectivity index (χ2n) is 7.90. The summed E-state index contributed by atoms with van der Waals surface area (Å²) < 4.78 is 23.5. The van der Waals surface area contributed by atoms with E-state index in [0.29, 0.717) is 66.1 Å². The maximum Gasteiger partial charge on any atom is 0.266 e. The topological polar surface area (TPSA) is 103 Å². The fourth-order valence-corrected chi connectivity index (χ4v) is 4.39. The van der Waals surface area contributed by atoms with E-state index >= 15 is 0 Å². The molecule has 1 aliphatic heterocycles. The van der Waals surface area contributed by atoms with Crippen LogP contribution in [0.4, 0.5) is 10.2 Å². The molecule has 4 heterocycles. The number of hydrogen-bond acceptors (Lipinski definition) is 7. The molecule has 9 nitrogen and oxygen atoms in total. The van der Waals surface area contributed by atoms with Gasteiger partial charge in [0.2, 0.25) is 11.7 Å². The van der Waals surface area contributed by atoms with Crippen LogP contribution in [0, 0.1) is 5.82 Å². The molecule has 33 heavy (non-hydrogen) atoms. The van der Waals surface area contributed by atoms with Crippen LogP contribution in [-0.2, 0) is 32.2 Å². The van der Waals surface area contributed by atoms with Gasteiger partial charge < -0.3 is 4.52 Å². The Morgan fingerprint density at radius 3 is 2.88 bits per heavy atom. The summed E-state index contributed by atoms with van der Waals surface area (Å²) in [7, 11) is 0. The van der Waals surface area contributed by atoms with E-state index in [1.165, 1.54) is 6.07 Å². The molecule has 0 fully saturated rings. The summed E-state index contributed by atoms with van der Waals surface area (Å²) in [5, 5.41) is 12.5. The largest absolute Gasteiger partial charge is 0.339 e. The minimum absolute atomic E-state index is 0.156. The highest BCUT2D eigenvalue weighted by Gasteiger charge is 2.25. The first-order valence-electron chi connectivity index (χ1n) is 10.8. The molecular weight excluding hydrogens is 493 g/mol. The Kier molecular flexibility index (Phi) is 5.88. The fraction of sp³-hybridized carbons (Fsp3) is 0.364. The molecule has 3 aromatic heterocycles. The van der Waals surface area contributed by atoms with Gasteiger partial charge in [0.1, 0.15) is 17.5 Å². The van der Waals surface area contributed by atoms with Gasteiger partial charge in [-0.25, -0.2) is 13.8 Å². The van der Waals surface area contributed by atoms with Crippen LogP contribution in [0.2, 0.25) is 0 Å². The van der Waals surface area contributed by atoms with E-state index in [2.05, 4.69) is 48.2 Å². The summed E-state index contributed by atoms with van der Waals surface area (Å²) in [6.45, 7) is 2.81. The van der Waals surface area contributed by atoms with Gasteiger partial charge in [-0.05, 0) is 34.0 Å². The quantitative estimate of drug-likeness (QED) is 0.356. The van der Waals surface area contributed by atoms with E-state index in [-0.39, 0.29) is 17.8 Å². The molecule has 1 aliphatic rings. The number of unbranched alkanes of at least 4 members (excludes halogenated alkanes) is 1. The minimum atomic E-state index is -0.304. The number of benzene rings is 1. The van der Waals surface area contributed by atoms with E-state index < -0.39 is 0 Å². The van der Waals surface area contributed by atoms with Crippen molar-refractivity contribution in [3.8, 4) is 0 Å². The van der Waals surface area contributed by atoms with Crippen LogP contribution in [0.5, 0.6) is 0 Å². The lowest BCUT2D eigenvalue weighted by Gasteiger charge is -2.12. The van der Waals surface area contributed by atoms with Crippen LogP contribution in [0.1, 0.15) is 48.4 Å². The molecule has 0 N–H and O–H groups in total. The highest BCUT2D eigenvalue weighted by Crippen LogP contribution is 2.28. The summed E-state index contributed by atoms with van der Waals surface area (Å²) >= 11 is 3.43. The fourth-order valence-electron chi connectivity index (χ4n) is 3.94. The molecule has 5 rings (SSSR count). The molecule has 4 aromatic rings. The highest BCUT2D eigenvalue weighted by molar-refractivity contribution is 9.18. The van der Waals surface area contributed by atoms with Crippen molar-refractivity contribution in [1.82, 2.24) is 29.3 Å². The van der Waals surface area contributed by atoms with Gasteiger partial charge in [-0.15, -0.1) is 10.2 Å². The summed E-state index contributed by atoms with van der Waals surface area (Å²) in [5.74, 6) is 2.17. The SMILES string of the molecule is CCCCn1c2c(c(=O)n3c(CCc4nc(Cc5ccccc5F)no4)nnc13)CC(Br)=N2. The van der Waals surface area contributed by atoms with Crippen molar-refractivity contribution < 1.29 is 8.91 Å². The maximum atomic E-state index is 13.9. The first-order chi connectivity index (χ1) is 16.0. The lowest BCUT2D eigenvalue weighted by Crippen LogP contribution is -2.24. The van der Waals surface area contributed by atoms with E-state index in [4.69, 9.17) is 4.52 Å². The summed E-state index contributed by atoms with van der Waals surface area (Å²) in [6.07, 6.45) is 3.42. The van der Waals surface area contributed by atoms with Crippen molar-refractivity contribution in [2.45, 2.75) is 52.0 Å². The monoisotopic (exact) mass is 513 g/mol. The van der Waals surface area contributed by atoms with Crippen LogP contribution in [-0.4, -0.2) is 33.9 Å². The molecule has 0 bridgehead atoms. The Bertz CT molecular complexity index is 1420. The van der Waals surface area contributed by atoms with Crippen LogP contribution >= 0.6 is 15.9 Å². The normalized spacial score (nSPS) is 13.0. The number of halogens is 2. The van der Waals surface area contributed by atoms with Gasteiger partial charge in [0, 0.05) is 32.2 Å². The lowest BCUT2D eigenvalue weighted by molar-refractivity contribution is 0.372. The molecule has 0 saturated carbocycles. The predicted octanol–water partition coefficient (Wildman–Crippen LogP) is 3.57. The molecule has 0 spiro atoms. The van der Waals surface area contributed by atoms with Crippen LogP contribution in [0.3, 0.4) is 0 Å². The Labute approximate surface area is 196 Å². The second kappa shape index (κ2) is 8.97. The van der Waals surface area contributed by atoms with Crippen LogP contribution in [0.15, 0.2) is 38.6 Å². The molecule has 0 aliphatic carbocycles. The van der Waals surface area contributed by atoms with Crippen molar-refractivity contribution in [3.63, 3.8) is 0 Å². The molecule has 1 aromatic carbocycles. The van der Waals surface area contributed by atoms with Gasteiger partial charge in [-0.3, -0.25) is 9.36 Å². The van der Waals surface area contributed by atoms with E-state index in [9.17, 15) is 9.18 Å². The van der Waals surface area contributed by atoms with E-state index in [0.717, 1.165) is 17.5 Å². The average Bonchev–Trinajstić information content (AvgIpc) is 3.52. The third-order valence-electron chi connectivity index (χ3n) is 5.61. The van der Waals surface area contributed by atoms with Gasteiger partial charge in [0.25, 0.3) is 5.56 Å². The van der Waals surface area contributed by atoms with Crippen molar-refractivity contribution in [3.05, 3.63) is 69.1 Å². The second-order valence-corrected chi connectivity index (χ2v) is 8.82. The first-order valence-corrected chi connectivity index (χ1v) is 11.6. The van der Waals surface area contributed by atoms with E-state index in [1.807, 2.05) is 4.57 Å². The molecular formula is C22H21BrFN7O2. The van der Waals surface area contributed by atoms with Gasteiger partial charge in [0.05, 0.1) is 10.2 Å². The third-order valence-corrected chi connectivity index (χ3v) is 6.06. The van der Waals surface area contributed by atoms with Crippen molar-refractivity contribution >= 4 is 32.1 Å². The minimum Gasteiger partial charge on any atom is -0.339 e. The van der Waals surface area contributed by atoms with Crippen LogP contribution in [0.25, 0.3) is 5.78 Å². The third kappa shape index (κ3) is 4.12. The Hall–Kier alpha value is -3.21. The van der Waals surface area contributed by atoms with Crippen molar-refractivity contribution in [2.24, 2.45) is 4.99 Å². The van der Waals surface area contributed by atoms with Gasteiger partial charge >= 0.3 is 0 Å². The maximum absolute atomic E-state index is 13.9. The molecule has 0 unspecified atom stereocenters. The zero-order chi connectivity index (χ0) is 22.9. The van der Waals surface area contributed by atoms with Gasteiger partial charge in [-0.2, -0.15) is 4.98 Å². The highest BCUT2D eigenvalue weighted by atomic mass is 79.9. The zero-order valence-corrected chi connectivity index (χ0v) is 19.5. The predicted molar refractivity (Wildman–Crippen MR) is 123 cm³/mol. The van der Waals surface area contributed by atoms with Gasteiger partial charge in [0.15, 0.2) is 5.82 Å². The number of hydrogen-bond donors (Lipinski definition) is 0. The summed E-state index contributed by atoms with van der Waals surface area (Å²) in [4.78, 5) is 22.1. The molecule has 0 saturated heterocycles. The van der Waals surface area contributed by atoms with E-state index in [1.54, 1.807) is 22.6 Å². The smallest absolute Gasteiger partial charge is 0.266 e. The Balaban J connectivity index is 1.40. The first kappa shape index (κ1) is 21.6. The summed E-state index contributed by atoms with van der Waals surface area (Å²) in [6, 6.07) is 6.50. The van der Waals surface area contributed by atoms with Gasteiger partial charge in [-0.1, -0.05) is 36.7 Å². The number of aromatic nitrogens is 6. The Morgan fingerprint density at radius 2 is 2.06 bits per heavy atom. The lowest BCUT2D eigenvalue weighted by atomic mass is 10.1. The number of rotatable bonds is 8.